The van der Waals surface area contributed by atoms with Crippen molar-refractivity contribution in [3.05, 3.63) is 82.3 Å². The van der Waals surface area contributed by atoms with E-state index in [1.807, 2.05) is 30.0 Å². The second-order valence-electron chi connectivity index (χ2n) is 9.09. The molecule has 0 radical (unpaired) electrons. The Labute approximate surface area is 203 Å². The van der Waals surface area contributed by atoms with Crippen LogP contribution in [0.3, 0.4) is 0 Å². The largest absolute Gasteiger partial charge is 0.354 e. The summed E-state index contributed by atoms with van der Waals surface area (Å²) in [5, 5.41) is 3.12. The smallest absolute Gasteiger partial charge is 0.321 e. The third-order valence-electron chi connectivity index (χ3n) is 6.53. The van der Waals surface area contributed by atoms with Crippen molar-refractivity contribution in [3.63, 3.8) is 0 Å². The summed E-state index contributed by atoms with van der Waals surface area (Å²) in [6.07, 6.45) is 2.59. The van der Waals surface area contributed by atoms with E-state index in [1.54, 1.807) is 0 Å². The zero-order chi connectivity index (χ0) is 24.1. The zero-order valence-corrected chi connectivity index (χ0v) is 20.8. The molecule has 2 aromatic carbocycles. The highest BCUT2D eigenvalue weighted by Gasteiger charge is 2.23. The van der Waals surface area contributed by atoms with Gasteiger partial charge in [-0.15, -0.1) is 0 Å². The lowest BCUT2D eigenvalue weighted by molar-refractivity contribution is 0.215. The van der Waals surface area contributed by atoms with E-state index in [2.05, 4.69) is 66.3 Å². The number of nitrogens with one attached hydrogen (secondary N) is 1. The Morgan fingerprint density at radius 1 is 0.941 bits per heavy atom. The molecule has 34 heavy (non-hydrogen) atoms. The Kier molecular flexibility index (Phi) is 7.46. The fourth-order valence-corrected chi connectivity index (χ4v) is 4.57. The maximum absolute atomic E-state index is 13.0. The van der Waals surface area contributed by atoms with Crippen molar-refractivity contribution >= 4 is 17.5 Å². The number of carbonyl (C=O) groups is 1. The summed E-state index contributed by atoms with van der Waals surface area (Å²) in [4.78, 5) is 26.8. The minimum atomic E-state index is -0.0299. The molecule has 0 aliphatic carbocycles. The predicted octanol–water partition coefficient (Wildman–Crippen LogP) is 5.30. The van der Waals surface area contributed by atoms with Crippen LogP contribution in [-0.4, -0.2) is 47.1 Å². The average molecular weight is 458 g/mol. The third kappa shape index (κ3) is 5.56. The van der Waals surface area contributed by atoms with Gasteiger partial charge in [-0.2, -0.15) is 0 Å². The molecular formula is C28H35N5O. The van der Waals surface area contributed by atoms with Crippen LogP contribution in [0.15, 0.2) is 48.5 Å². The summed E-state index contributed by atoms with van der Waals surface area (Å²) in [5.41, 5.74) is 6.77. The molecule has 1 aromatic heterocycles. The molecule has 1 saturated heterocycles. The molecule has 1 fully saturated rings. The van der Waals surface area contributed by atoms with Crippen molar-refractivity contribution in [2.75, 3.05) is 36.4 Å². The number of benzene rings is 2. The highest BCUT2D eigenvalue weighted by molar-refractivity contribution is 5.90. The van der Waals surface area contributed by atoms with Crippen molar-refractivity contribution in [2.24, 2.45) is 0 Å². The van der Waals surface area contributed by atoms with E-state index in [9.17, 15) is 4.79 Å². The maximum atomic E-state index is 13.0. The molecule has 6 nitrogen and oxygen atoms in total. The Balaban J connectivity index is 1.50. The molecule has 2 heterocycles. The van der Waals surface area contributed by atoms with Gasteiger partial charge < -0.3 is 15.1 Å². The molecule has 2 amide bonds. The molecule has 0 unspecified atom stereocenters. The number of anilines is 2. The number of hydrogen-bond acceptors (Lipinski definition) is 4. The van der Waals surface area contributed by atoms with E-state index in [0.29, 0.717) is 6.54 Å². The lowest BCUT2D eigenvalue weighted by Gasteiger charge is -2.26. The standard InChI is InChI=1S/C28H35N5O/c1-5-24-9-6-7-10-26(24)31-28(34)33-16-8-15-32(17-18-33)27-25(21(3)29-22(4)30-27)19-23-13-11-20(2)12-14-23/h6-7,9-14H,5,8,15-19H2,1-4H3,(H,31,34). The Morgan fingerprint density at radius 2 is 1.71 bits per heavy atom. The third-order valence-corrected chi connectivity index (χ3v) is 6.53. The molecule has 1 aliphatic heterocycles. The van der Waals surface area contributed by atoms with Crippen LogP contribution < -0.4 is 10.2 Å². The maximum Gasteiger partial charge on any atom is 0.321 e. The first kappa shape index (κ1) is 23.7. The van der Waals surface area contributed by atoms with Crippen LogP contribution in [0.25, 0.3) is 0 Å². The van der Waals surface area contributed by atoms with Crippen LogP contribution >= 0.6 is 0 Å². The fourth-order valence-electron chi connectivity index (χ4n) is 4.57. The van der Waals surface area contributed by atoms with Crippen molar-refractivity contribution in [2.45, 2.75) is 47.0 Å². The number of aromatic nitrogens is 2. The minimum absolute atomic E-state index is 0.0299. The lowest BCUT2D eigenvalue weighted by Crippen LogP contribution is -2.38. The Morgan fingerprint density at radius 3 is 2.47 bits per heavy atom. The van der Waals surface area contributed by atoms with E-state index >= 15 is 0 Å². The summed E-state index contributed by atoms with van der Waals surface area (Å²) < 4.78 is 0. The van der Waals surface area contributed by atoms with Crippen LogP contribution in [0.5, 0.6) is 0 Å². The molecular weight excluding hydrogens is 422 g/mol. The molecule has 0 saturated carbocycles. The molecule has 0 bridgehead atoms. The summed E-state index contributed by atoms with van der Waals surface area (Å²) >= 11 is 0. The first-order valence-corrected chi connectivity index (χ1v) is 12.2. The van der Waals surface area contributed by atoms with Crippen molar-refractivity contribution in [1.82, 2.24) is 14.9 Å². The van der Waals surface area contributed by atoms with Gasteiger partial charge in [0.2, 0.25) is 0 Å². The number of hydrogen-bond donors (Lipinski definition) is 1. The van der Waals surface area contributed by atoms with E-state index < -0.39 is 0 Å². The number of para-hydroxylation sites is 1. The van der Waals surface area contributed by atoms with Crippen molar-refractivity contribution < 1.29 is 4.79 Å². The van der Waals surface area contributed by atoms with Crippen molar-refractivity contribution in [1.29, 1.82) is 0 Å². The van der Waals surface area contributed by atoms with Gasteiger partial charge in [0.25, 0.3) is 0 Å². The molecule has 0 atom stereocenters. The van der Waals surface area contributed by atoms with Gasteiger partial charge >= 0.3 is 6.03 Å². The van der Waals surface area contributed by atoms with Crippen LogP contribution in [-0.2, 0) is 12.8 Å². The normalized spacial score (nSPS) is 14.1. The molecule has 6 heteroatoms. The van der Waals surface area contributed by atoms with Gasteiger partial charge in [0.1, 0.15) is 11.6 Å². The molecule has 4 rings (SSSR count). The number of rotatable bonds is 5. The topological polar surface area (TPSA) is 61.4 Å². The molecule has 1 aliphatic rings. The van der Waals surface area contributed by atoms with Crippen molar-refractivity contribution in [3.8, 4) is 0 Å². The summed E-state index contributed by atoms with van der Waals surface area (Å²) in [6, 6.07) is 16.7. The molecule has 3 aromatic rings. The van der Waals surface area contributed by atoms with Crippen LogP contribution in [0.4, 0.5) is 16.3 Å². The van der Waals surface area contributed by atoms with Crippen LogP contribution in [0, 0.1) is 20.8 Å². The SMILES string of the molecule is CCc1ccccc1NC(=O)N1CCCN(c2nc(C)nc(C)c2Cc2ccc(C)cc2)CC1. The molecule has 0 spiro atoms. The van der Waals surface area contributed by atoms with E-state index in [-0.39, 0.29) is 6.03 Å². The number of aryl methyl sites for hydroxylation is 4. The average Bonchev–Trinajstić information content (AvgIpc) is 3.09. The first-order valence-electron chi connectivity index (χ1n) is 12.2. The summed E-state index contributed by atoms with van der Waals surface area (Å²) in [7, 11) is 0. The number of urea groups is 1. The van der Waals surface area contributed by atoms with E-state index in [1.165, 1.54) is 16.7 Å². The summed E-state index contributed by atoms with van der Waals surface area (Å²) in [5.74, 6) is 1.79. The number of amides is 2. The van der Waals surface area contributed by atoms with Gasteiger partial charge in [0, 0.05) is 49.5 Å². The van der Waals surface area contributed by atoms with E-state index in [4.69, 9.17) is 4.98 Å². The zero-order valence-electron chi connectivity index (χ0n) is 20.8. The van der Waals surface area contributed by atoms with Gasteiger partial charge in [-0.25, -0.2) is 14.8 Å². The van der Waals surface area contributed by atoms with E-state index in [0.717, 1.165) is 67.5 Å². The second-order valence-corrected chi connectivity index (χ2v) is 9.09. The van der Waals surface area contributed by atoms with Gasteiger partial charge in [-0.1, -0.05) is 55.0 Å². The molecule has 178 valence electrons. The second kappa shape index (κ2) is 10.7. The van der Waals surface area contributed by atoms with Gasteiger partial charge in [0.15, 0.2) is 0 Å². The lowest BCUT2D eigenvalue weighted by atomic mass is 10.0. The predicted molar refractivity (Wildman–Crippen MR) is 139 cm³/mol. The van der Waals surface area contributed by atoms with Gasteiger partial charge in [-0.05, 0) is 50.8 Å². The van der Waals surface area contributed by atoms with Gasteiger partial charge in [-0.3, -0.25) is 0 Å². The Hall–Kier alpha value is -3.41. The quantitative estimate of drug-likeness (QED) is 0.565. The summed E-state index contributed by atoms with van der Waals surface area (Å²) in [6.45, 7) is 11.2. The monoisotopic (exact) mass is 457 g/mol. The number of carbonyl (C=O) groups excluding carboxylic acids is 1. The van der Waals surface area contributed by atoms with Crippen LogP contribution in [0.2, 0.25) is 0 Å². The Bertz CT molecular complexity index is 1140. The molecule has 1 N–H and O–H groups in total. The fraction of sp³-hybridized carbons (Fsp3) is 0.393. The van der Waals surface area contributed by atoms with Gasteiger partial charge in [0.05, 0.1) is 0 Å². The highest BCUT2D eigenvalue weighted by Crippen LogP contribution is 2.26. The number of nitrogens with zero attached hydrogens (tertiary/aromatic N) is 4. The van der Waals surface area contributed by atoms with Crippen LogP contribution in [0.1, 0.15) is 47.1 Å². The minimum Gasteiger partial charge on any atom is -0.354 e. The highest BCUT2D eigenvalue weighted by atomic mass is 16.2. The first-order chi connectivity index (χ1) is 16.4.